The summed E-state index contributed by atoms with van der Waals surface area (Å²) in [5.41, 5.74) is 27.3. The van der Waals surface area contributed by atoms with Gasteiger partial charge in [0.25, 0.3) is 0 Å². The highest BCUT2D eigenvalue weighted by molar-refractivity contribution is 5.92. The summed E-state index contributed by atoms with van der Waals surface area (Å²) < 4.78 is 22.2. The Morgan fingerprint density at radius 3 is 0.517 bits per heavy atom. The first kappa shape index (κ1) is 78.8. The maximum absolute atomic E-state index is 9.99. The molecule has 15 aromatic rings. The second kappa shape index (κ2) is 37.6. The summed E-state index contributed by atoms with van der Waals surface area (Å²) in [5, 5.41) is 39.7. The average molecular weight is 1550 g/mol. The van der Waals surface area contributed by atoms with E-state index in [9.17, 15) is 20.4 Å². The lowest BCUT2D eigenvalue weighted by molar-refractivity contribution is 0.281. The highest BCUT2D eigenvalue weighted by Gasteiger charge is 2.20. The number of aliphatic hydroxyl groups is 4. The number of anilines is 12. The monoisotopic (exact) mass is 1550 g/mol. The van der Waals surface area contributed by atoms with Crippen LogP contribution >= 0.6 is 0 Å². The van der Waals surface area contributed by atoms with E-state index in [4.69, 9.17) is 18.9 Å². The van der Waals surface area contributed by atoms with E-state index in [0.29, 0.717) is 0 Å². The Bertz CT molecular complexity index is 5360. The summed E-state index contributed by atoms with van der Waals surface area (Å²) >= 11 is 0. The standard InChI is InChI=1S/C106H90N4O8/c1-115-101-61-53-97(54-62-101)108(95-49-27-83(73-113)28-50-95)90-41-19-79(20-42-90)13-35-87-70-106(86-33-11-76(12-34-86)6-8-78-17-39-92(40-18-78)110(99-57-65-103(117-3)66-58-99)100-59-67-104(118-4)68-60-100)88(36-14-80-21-43-91(44-22-80)109(96-51-29-84(74-114)30-52-96)98-55-63-102(116-2)64-56-98)69-105(87)85-31-9-75(10-32-85)5-7-77-15-37-89(38-16-77)107(93-45-23-81(71-111)24-46-93)94-47-25-82(72-112)26-48-94/h5-70,111-114H,71-74H2,1-4H3/b7-5+,8-6+,35-13+,36-14+. The number of aliphatic hydroxyl groups excluding tert-OH is 4. The van der Waals surface area contributed by atoms with Gasteiger partial charge in [0.15, 0.2) is 0 Å². The molecule has 118 heavy (non-hydrogen) atoms. The van der Waals surface area contributed by atoms with E-state index in [1.165, 1.54) is 0 Å². The van der Waals surface area contributed by atoms with Crippen LogP contribution in [-0.4, -0.2) is 48.9 Å². The molecule has 0 unspecified atom stereocenters. The van der Waals surface area contributed by atoms with Crippen molar-refractivity contribution in [2.24, 2.45) is 0 Å². The van der Waals surface area contributed by atoms with Crippen LogP contribution in [0.2, 0.25) is 0 Å². The lowest BCUT2D eigenvalue weighted by Crippen LogP contribution is -2.10. The molecular formula is C106H90N4O8. The van der Waals surface area contributed by atoms with Gasteiger partial charge in [-0.1, -0.05) is 194 Å². The molecule has 0 amide bonds. The van der Waals surface area contributed by atoms with Gasteiger partial charge in [-0.25, -0.2) is 0 Å². The normalized spacial score (nSPS) is 11.4. The van der Waals surface area contributed by atoms with Crippen LogP contribution in [0.1, 0.15) is 66.8 Å². The molecule has 0 aliphatic rings. The molecule has 0 heterocycles. The number of nitrogens with zero attached hydrogens (tertiary/aromatic N) is 4. The van der Waals surface area contributed by atoms with Gasteiger partial charge in [0, 0.05) is 68.2 Å². The Hall–Kier alpha value is -14.5. The molecule has 0 aliphatic heterocycles. The van der Waals surface area contributed by atoms with Crippen LogP contribution in [0.5, 0.6) is 23.0 Å². The molecule has 0 spiro atoms. The molecule has 582 valence electrons. The van der Waals surface area contributed by atoms with Crippen LogP contribution in [0.4, 0.5) is 68.2 Å². The van der Waals surface area contributed by atoms with Crippen molar-refractivity contribution in [3.63, 3.8) is 0 Å². The minimum atomic E-state index is -0.0461. The second-order valence-electron chi connectivity index (χ2n) is 28.4. The van der Waals surface area contributed by atoms with Gasteiger partial charge in [-0.05, 0) is 295 Å². The molecule has 0 radical (unpaired) electrons. The Morgan fingerprint density at radius 1 is 0.195 bits per heavy atom. The van der Waals surface area contributed by atoms with Crippen molar-refractivity contribution in [2.75, 3.05) is 48.0 Å². The molecule has 0 aliphatic carbocycles. The van der Waals surface area contributed by atoms with E-state index in [-0.39, 0.29) is 26.4 Å². The smallest absolute Gasteiger partial charge is 0.119 e. The molecule has 12 nitrogen and oxygen atoms in total. The van der Waals surface area contributed by atoms with Crippen LogP contribution in [-0.2, 0) is 26.4 Å². The summed E-state index contributed by atoms with van der Waals surface area (Å²) in [6.45, 7) is -0.174. The number of rotatable bonds is 30. The first-order valence-corrected chi connectivity index (χ1v) is 39.1. The largest absolute Gasteiger partial charge is 0.497 e. The zero-order valence-electron chi connectivity index (χ0n) is 66.1. The minimum absolute atomic E-state index is 0.0411. The van der Waals surface area contributed by atoms with Crippen LogP contribution in [0.3, 0.4) is 0 Å². The molecule has 0 saturated heterocycles. The molecule has 12 heteroatoms. The van der Waals surface area contributed by atoms with Crippen LogP contribution < -0.4 is 38.5 Å². The third-order valence-electron chi connectivity index (χ3n) is 20.9. The predicted octanol–water partition coefficient (Wildman–Crippen LogP) is 25.6. The third-order valence-corrected chi connectivity index (χ3v) is 20.9. The van der Waals surface area contributed by atoms with E-state index in [2.05, 4.69) is 274 Å². The first-order valence-electron chi connectivity index (χ1n) is 39.1. The van der Waals surface area contributed by atoms with E-state index in [0.717, 1.165) is 180 Å². The van der Waals surface area contributed by atoms with Crippen molar-refractivity contribution in [2.45, 2.75) is 26.4 Å². The molecule has 0 bridgehead atoms. The molecule has 15 rings (SSSR count). The van der Waals surface area contributed by atoms with Crippen molar-refractivity contribution in [1.82, 2.24) is 0 Å². The van der Waals surface area contributed by atoms with E-state index >= 15 is 0 Å². The van der Waals surface area contributed by atoms with Gasteiger partial charge in [0.2, 0.25) is 0 Å². The highest BCUT2D eigenvalue weighted by atomic mass is 16.5. The van der Waals surface area contributed by atoms with Gasteiger partial charge < -0.3 is 59.0 Å². The van der Waals surface area contributed by atoms with Gasteiger partial charge in [0.1, 0.15) is 23.0 Å². The zero-order chi connectivity index (χ0) is 81.1. The lowest BCUT2D eigenvalue weighted by atomic mass is 9.89. The first-order chi connectivity index (χ1) is 58.0. The molecular weight excluding hydrogens is 1460 g/mol. The van der Waals surface area contributed by atoms with Crippen LogP contribution in [0.25, 0.3) is 70.9 Å². The Balaban J connectivity index is 0.794. The van der Waals surface area contributed by atoms with Crippen molar-refractivity contribution >= 4 is 117 Å². The van der Waals surface area contributed by atoms with E-state index in [1.807, 2.05) is 146 Å². The molecule has 0 fully saturated rings. The van der Waals surface area contributed by atoms with Gasteiger partial charge in [0.05, 0.1) is 54.9 Å². The van der Waals surface area contributed by atoms with Gasteiger partial charge in [-0.2, -0.15) is 0 Å². The topological polar surface area (TPSA) is 131 Å². The number of hydrogen-bond donors (Lipinski definition) is 4. The fraction of sp³-hybridized carbons (Fsp3) is 0.0755. The van der Waals surface area contributed by atoms with E-state index in [1.54, 1.807) is 28.4 Å². The van der Waals surface area contributed by atoms with Crippen molar-refractivity contribution in [3.05, 3.63) is 419 Å². The van der Waals surface area contributed by atoms with Gasteiger partial charge in [-0.15, -0.1) is 0 Å². The molecule has 0 saturated carbocycles. The maximum atomic E-state index is 9.99. The number of hydrogen-bond acceptors (Lipinski definition) is 12. The third kappa shape index (κ3) is 18.8. The summed E-state index contributed by atoms with van der Waals surface area (Å²) in [6, 6.07) is 120. The SMILES string of the molecule is COc1ccc(N(c2ccc(/C=C/c3cc(-c4ccc(/C=C/c5ccc(N(c6ccc(OC)cc6)c6ccc(OC)cc6)cc5)cc4)c(/C=C/c4ccc(N(c5ccc(CO)cc5)c5ccc(OC)cc5)cc4)cc3-c3ccc(/C=C/c4ccc(N(c5ccc(CO)cc5)c5ccc(CO)cc5)cc4)cc3)cc2)c2ccc(CO)cc2)cc1. The van der Waals surface area contributed by atoms with Crippen molar-refractivity contribution in [3.8, 4) is 45.3 Å². The fourth-order valence-corrected chi connectivity index (χ4v) is 14.4. The fourth-order valence-electron chi connectivity index (χ4n) is 14.4. The highest BCUT2D eigenvalue weighted by Crippen LogP contribution is 2.43. The Morgan fingerprint density at radius 2 is 0.347 bits per heavy atom. The number of methoxy groups -OCH3 is 4. The quantitative estimate of drug-likeness (QED) is 0.0320. The Kier molecular flexibility index (Phi) is 25.1. The van der Waals surface area contributed by atoms with Crippen LogP contribution in [0.15, 0.2) is 352 Å². The van der Waals surface area contributed by atoms with Gasteiger partial charge in [-0.3, -0.25) is 0 Å². The molecule has 0 atom stereocenters. The molecule has 0 aromatic heterocycles. The lowest BCUT2D eigenvalue weighted by Gasteiger charge is -2.26. The summed E-state index contributed by atoms with van der Waals surface area (Å²) in [6.07, 6.45) is 17.4. The Labute approximate surface area is 690 Å². The summed E-state index contributed by atoms with van der Waals surface area (Å²) in [4.78, 5) is 8.78. The average Bonchev–Trinajstić information content (AvgIpc) is 0.782. The molecule has 4 N–H and O–H groups in total. The second-order valence-corrected chi connectivity index (χ2v) is 28.4. The van der Waals surface area contributed by atoms with E-state index < -0.39 is 0 Å². The molecule has 15 aromatic carbocycles. The van der Waals surface area contributed by atoms with Crippen molar-refractivity contribution < 1.29 is 39.4 Å². The maximum Gasteiger partial charge on any atom is 0.119 e. The number of ether oxygens (including phenoxy) is 4. The summed E-state index contributed by atoms with van der Waals surface area (Å²) in [5.74, 6) is 3.10. The minimum Gasteiger partial charge on any atom is -0.497 e. The zero-order valence-corrected chi connectivity index (χ0v) is 66.1. The number of benzene rings is 15. The van der Waals surface area contributed by atoms with Gasteiger partial charge >= 0.3 is 0 Å². The predicted molar refractivity (Wildman–Crippen MR) is 487 cm³/mol. The summed E-state index contributed by atoms with van der Waals surface area (Å²) in [7, 11) is 6.70. The van der Waals surface area contributed by atoms with Crippen molar-refractivity contribution in [1.29, 1.82) is 0 Å². The van der Waals surface area contributed by atoms with Crippen LogP contribution in [0, 0.1) is 0 Å².